The number of aromatic nitrogens is 2. The van der Waals surface area contributed by atoms with E-state index in [0.717, 1.165) is 17.4 Å². The van der Waals surface area contributed by atoms with Gasteiger partial charge in [0.2, 0.25) is 0 Å². The van der Waals surface area contributed by atoms with E-state index in [1.54, 1.807) is 0 Å². The first kappa shape index (κ1) is 9.40. The highest BCUT2D eigenvalue weighted by Gasteiger charge is 2.38. The molecule has 1 aliphatic carbocycles. The number of anilines is 1. The minimum atomic E-state index is 0.444. The Labute approximate surface area is 94.4 Å². The van der Waals surface area contributed by atoms with Crippen molar-refractivity contribution in [3.05, 3.63) is 17.8 Å². The van der Waals surface area contributed by atoms with E-state index in [0.29, 0.717) is 11.9 Å². The molecule has 0 N–H and O–H groups in total. The van der Waals surface area contributed by atoms with Gasteiger partial charge in [-0.15, -0.1) is 16.7 Å². The molecule has 1 aliphatic heterocycles. The minimum absolute atomic E-state index is 0.444. The topological polar surface area (TPSA) is 29.0 Å². The predicted octanol–water partition coefficient (Wildman–Crippen LogP) is 2.20. The van der Waals surface area contributed by atoms with Gasteiger partial charge in [0.1, 0.15) is 0 Å². The highest BCUT2D eigenvalue weighted by Crippen LogP contribution is 2.39. The second kappa shape index (κ2) is 3.63. The third kappa shape index (κ3) is 1.59. The Bertz CT molecular complexity index is 351. The van der Waals surface area contributed by atoms with Crippen LogP contribution >= 0.6 is 11.6 Å². The summed E-state index contributed by atoms with van der Waals surface area (Å²) in [5.41, 5.74) is 0.852. The normalized spacial score (nSPS) is 28.7. The molecule has 0 amide bonds. The summed E-state index contributed by atoms with van der Waals surface area (Å²) in [5, 5.41) is 8.34. The lowest BCUT2D eigenvalue weighted by Crippen LogP contribution is -2.32. The molecule has 0 spiro atoms. The molecule has 80 valence electrons. The van der Waals surface area contributed by atoms with E-state index in [1.165, 1.54) is 25.8 Å². The van der Waals surface area contributed by atoms with Gasteiger partial charge in [-0.1, -0.05) is 0 Å². The molecular formula is C11H14ClN3. The van der Waals surface area contributed by atoms with E-state index < -0.39 is 0 Å². The van der Waals surface area contributed by atoms with Crippen LogP contribution in [0.5, 0.6) is 0 Å². The van der Waals surface area contributed by atoms with Gasteiger partial charge in [-0.2, -0.15) is 5.10 Å². The zero-order valence-corrected chi connectivity index (χ0v) is 9.32. The molecule has 0 aromatic carbocycles. The third-order valence-corrected chi connectivity index (χ3v) is 3.82. The SMILES string of the molecule is ClCc1ccc(N2CC3CCC2C3)nn1. The van der Waals surface area contributed by atoms with Crippen molar-refractivity contribution in [1.82, 2.24) is 10.2 Å². The molecule has 2 fully saturated rings. The van der Waals surface area contributed by atoms with Crippen LogP contribution in [-0.4, -0.2) is 22.8 Å². The second-order valence-electron chi connectivity index (χ2n) is 4.50. The molecule has 15 heavy (non-hydrogen) atoms. The molecule has 2 atom stereocenters. The van der Waals surface area contributed by atoms with Gasteiger partial charge in [0.25, 0.3) is 0 Å². The second-order valence-corrected chi connectivity index (χ2v) is 4.77. The first-order valence-corrected chi connectivity index (χ1v) is 6.05. The number of hydrogen-bond donors (Lipinski definition) is 0. The number of halogens is 1. The average Bonchev–Trinajstić information content (AvgIpc) is 2.91. The van der Waals surface area contributed by atoms with Crippen LogP contribution < -0.4 is 4.90 Å². The highest BCUT2D eigenvalue weighted by molar-refractivity contribution is 6.16. The third-order valence-electron chi connectivity index (χ3n) is 3.55. The molecule has 1 saturated heterocycles. The largest absolute Gasteiger partial charge is 0.352 e. The van der Waals surface area contributed by atoms with Gasteiger partial charge in [-0.05, 0) is 37.3 Å². The Balaban J connectivity index is 1.81. The van der Waals surface area contributed by atoms with E-state index in [2.05, 4.69) is 15.1 Å². The van der Waals surface area contributed by atoms with E-state index >= 15 is 0 Å². The number of fused-ring (bicyclic) bond motifs is 2. The maximum atomic E-state index is 5.69. The van der Waals surface area contributed by atoms with Gasteiger partial charge in [0.15, 0.2) is 5.82 Å². The highest BCUT2D eigenvalue weighted by atomic mass is 35.5. The first-order valence-electron chi connectivity index (χ1n) is 5.52. The van der Waals surface area contributed by atoms with E-state index in [9.17, 15) is 0 Å². The summed E-state index contributed by atoms with van der Waals surface area (Å²) in [7, 11) is 0. The van der Waals surface area contributed by atoms with Gasteiger partial charge < -0.3 is 4.90 Å². The van der Waals surface area contributed by atoms with Crippen molar-refractivity contribution >= 4 is 17.4 Å². The van der Waals surface area contributed by atoms with Crippen LogP contribution in [0.4, 0.5) is 5.82 Å². The summed E-state index contributed by atoms with van der Waals surface area (Å²) in [6.07, 6.45) is 4.07. The summed E-state index contributed by atoms with van der Waals surface area (Å²) in [6.45, 7) is 1.17. The monoisotopic (exact) mass is 223 g/mol. The summed E-state index contributed by atoms with van der Waals surface area (Å²) >= 11 is 5.69. The van der Waals surface area contributed by atoms with Crippen LogP contribution in [0.2, 0.25) is 0 Å². The smallest absolute Gasteiger partial charge is 0.151 e. The van der Waals surface area contributed by atoms with Gasteiger partial charge >= 0.3 is 0 Å². The number of alkyl halides is 1. The Morgan fingerprint density at radius 2 is 2.27 bits per heavy atom. The Morgan fingerprint density at radius 3 is 2.80 bits per heavy atom. The zero-order valence-electron chi connectivity index (χ0n) is 8.56. The van der Waals surface area contributed by atoms with Gasteiger partial charge in [0.05, 0.1) is 11.6 Å². The van der Waals surface area contributed by atoms with Crippen LogP contribution in [0.15, 0.2) is 12.1 Å². The van der Waals surface area contributed by atoms with Crippen molar-refractivity contribution in [1.29, 1.82) is 0 Å². The molecule has 1 aromatic heterocycles. The van der Waals surface area contributed by atoms with Crippen molar-refractivity contribution in [2.45, 2.75) is 31.2 Å². The molecule has 2 unspecified atom stereocenters. The van der Waals surface area contributed by atoms with Crippen molar-refractivity contribution in [2.75, 3.05) is 11.4 Å². The fourth-order valence-corrected chi connectivity index (χ4v) is 2.93. The van der Waals surface area contributed by atoms with Gasteiger partial charge in [-0.3, -0.25) is 0 Å². The zero-order chi connectivity index (χ0) is 10.3. The van der Waals surface area contributed by atoms with E-state index in [1.807, 2.05) is 12.1 Å². The first-order chi connectivity index (χ1) is 7.36. The molecule has 3 nitrogen and oxygen atoms in total. The molecule has 3 rings (SSSR count). The lowest BCUT2D eigenvalue weighted by Gasteiger charge is -2.27. The molecule has 1 aromatic rings. The van der Waals surface area contributed by atoms with Crippen LogP contribution in [-0.2, 0) is 5.88 Å². The summed E-state index contributed by atoms with van der Waals surface area (Å²) < 4.78 is 0. The quantitative estimate of drug-likeness (QED) is 0.720. The number of piperidine rings is 1. The Morgan fingerprint density at radius 1 is 1.33 bits per heavy atom. The molecule has 2 aliphatic rings. The molecular weight excluding hydrogens is 210 g/mol. The predicted molar refractivity (Wildman–Crippen MR) is 60.1 cm³/mol. The molecule has 1 saturated carbocycles. The lowest BCUT2D eigenvalue weighted by molar-refractivity contribution is 0.548. The Hall–Kier alpha value is -0.830. The van der Waals surface area contributed by atoms with Crippen LogP contribution in [0.3, 0.4) is 0 Å². The average molecular weight is 224 g/mol. The maximum absolute atomic E-state index is 5.69. The van der Waals surface area contributed by atoms with Crippen molar-refractivity contribution in [3.8, 4) is 0 Å². The fourth-order valence-electron chi connectivity index (χ4n) is 2.78. The lowest BCUT2D eigenvalue weighted by atomic mass is 10.1. The standard InChI is InChI=1S/C11H14ClN3/c12-6-9-2-4-11(14-13-9)15-7-8-1-3-10(15)5-8/h2,4,8,10H,1,3,5-7H2. The van der Waals surface area contributed by atoms with Crippen LogP contribution in [0.25, 0.3) is 0 Å². The van der Waals surface area contributed by atoms with Crippen LogP contribution in [0, 0.1) is 5.92 Å². The minimum Gasteiger partial charge on any atom is -0.352 e. The summed E-state index contributed by atoms with van der Waals surface area (Å²) in [5.74, 6) is 2.36. The van der Waals surface area contributed by atoms with Crippen molar-refractivity contribution in [2.24, 2.45) is 5.92 Å². The van der Waals surface area contributed by atoms with Crippen LogP contribution in [0.1, 0.15) is 25.0 Å². The Kier molecular flexibility index (Phi) is 2.28. The van der Waals surface area contributed by atoms with Gasteiger partial charge in [0, 0.05) is 12.6 Å². The fraction of sp³-hybridized carbons (Fsp3) is 0.636. The number of rotatable bonds is 2. The summed E-state index contributed by atoms with van der Waals surface area (Å²) in [4.78, 5) is 2.40. The summed E-state index contributed by atoms with van der Waals surface area (Å²) in [6, 6.07) is 4.73. The van der Waals surface area contributed by atoms with E-state index in [-0.39, 0.29) is 0 Å². The molecule has 2 bridgehead atoms. The molecule has 4 heteroatoms. The molecule has 0 radical (unpaired) electrons. The van der Waals surface area contributed by atoms with Crippen molar-refractivity contribution < 1.29 is 0 Å². The van der Waals surface area contributed by atoms with E-state index in [4.69, 9.17) is 11.6 Å². The molecule has 2 heterocycles. The number of nitrogens with zero attached hydrogens (tertiary/aromatic N) is 3. The maximum Gasteiger partial charge on any atom is 0.151 e. The van der Waals surface area contributed by atoms with Crippen molar-refractivity contribution in [3.63, 3.8) is 0 Å². The number of hydrogen-bond acceptors (Lipinski definition) is 3. The van der Waals surface area contributed by atoms with Gasteiger partial charge in [-0.25, -0.2) is 0 Å².